The summed E-state index contributed by atoms with van der Waals surface area (Å²) in [5.41, 5.74) is 0.943. The van der Waals surface area contributed by atoms with Crippen LogP contribution in [0.5, 0.6) is 0 Å². The third-order valence-electron chi connectivity index (χ3n) is 4.07. The lowest BCUT2D eigenvalue weighted by Gasteiger charge is -2.33. The lowest BCUT2D eigenvalue weighted by atomic mass is 9.87. The summed E-state index contributed by atoms with van der Waals surface area (Å²) >= 11 is 0. The third kappa shape index (κ3) is 4.54. The Balaban J connectivity index is 1.78. The van der Waals surface area contributed by atoms with Crippen molar-refractivity contribution in [3.05, 3.63) is 35.9 Å². The molecule has 3 amide bonds. The lowest BCUT2D eigenvalue weighted by molar-refractivity contribution is -0.121. The predicted octanol–water partition coefficient (Wildman–Crippen LogP) is 0.888. The molecule has 120 valence electrons. The summed E-state index contributed by atoms with van der Waals surface area (Å²) in [7, 11) is 1.47. The van der Waals surface area contributed by atoms with E-state index in [1.807, 2.05) is 35.2 Å². The molecule has 1 atom stereocenters. The Morgan fingerprint density at radius 2 is 1.91 bits per heavy atom. The second-order valence-electron chi connectivity index (χ2n) is 5.60. The monoisotopic (exact) mass is 305 g/mol. The molecule has 1 aromatic carbocycles. The van der Waals surface area contributed by atoms with E-state index in [-0.39, 0.29) is 18.4 Å². The Bertz CT molecular complexity index is 499. The van der Waals surface area contributed by atoms with E-state index >= 15 is 0 Å². The van der Waals surface area contributed by atoms with Crippen LogP contribution in [0.4, 0.5) is 4.79 Å². The zero-order chi connectivity index (χ0) is 15.9. The fourth-order valence-corrected chi connectivity index (χ4v) is 2.78. The normalized spacial score (nSPS) is 17.7. The van der Waals surface area contributed by atoms with Crippen LogP contribution in [-0.2, 0) is 4.79 Å². The fourth-order valence-electron chi connectivity index (χ4n) is 2.78. The van der Waals surface area contributed by atoms with E-state index in [0.717, 1.165) is 31.5 Å². The Morgan fingerprint density at radius 3 is 2.50 bits per heavy atom. The highest BCUT2D eigenvalue weighted by molar-refractivity contribution is 5.95. The minimum atomic E-state index is -0.487. The van der Waals surface area contributed by atoms with Crippen molar-refractivity contribution < 1.29 is 14.7 Å². The number of urea groups is 1. The number of carbonyl (C=O) groups is 2. The predicted molar refractivity (Wildman–Crippen MR) is 83.2 cm³/mol. The smallest absolute Gasteiger partial charge is 0.321 e. The summed E-state index contributed by atoms with van der Waals surface area (Å²) in [5.74, 6) is -0.0953. The van der Waals surface area contributed by atoms with Crippen LogP contribution in [0, 0.1) is 5.92 Å². The summed E-state index contributed by atoms with van der Waals surface area (Å²) in [6.45, 7) is 1.70. The van der Waals surface area contributed by atoms with E-state index in [9.17, 15) is 14.7 Å². The molecular weight excluding hydrogens is 282 g/mol. The molecule has 0 aromatic heterocycles. The van der Waals surface area contributed by atoms with Crippen LogP contribution in [0.1, 0.15) is 24.5 Å². The van der Waals surface area contributed by atoms with Gasteiger partial charge in [-0.25, -0.2) is 4.79 Å². The number of likely N-dealkylation sites (tertiary alicyclic amines) is 1. The summed E-state index contributed by atoms with van der Waals surface area (Å²) in [6.07, 6.45) is 1.22. The van der Waals surface area contributed by atoms with Crippen molar-refractivity contribution in [2.45, 2.75) is 18.9 Å². The van der Waals surface area contributed by atoms with Gasteiger partial charge in [-0.2, -0.15) is 0 Å². The number of hydrogen-bond acceptors (Lipinski definition) is 4. The number of benzene rings is 1. The van der Waals surface area contributed by atoms with Crippen molar-refractivity contribution in [3.63, 3.8) is 0 Å². The zero-order valence-electron chi connectivity index (χ0n) is 12.8. The van der Waals surface area contributed by atoms with Crippen molar-refractivity contribution in [1.82, 2.24) is 15.5 Å². The van der Waals surface area contributed by atoms with Crippen LogP contribution in [0.25, 0.3) is 0 Å². The standard InChI is InChI=1S/C16H23N3O3/c1-17-16(22)18-14(20)11-19-9-7-13(8-10-19)15(21)12-5-3-2-4-6-12/h2-6,13,15,21H,7-11H2,1H3,(H2,17,18,20,22)/t15-/m1/s1. The molecule has 0 unspecified atom stereocenters. The molecule has 1 aliphatic rings. The van der Waals surface area contributed by atoms with Crippen LogP contribution in [0.3, 0.4) is 0 Å². The quantitative estimate of drug-likeness (QED) is 0.771. The summed E-state index contributed by atoms with van der Waals surface area (Å²) < 4.78 is 0. The number of piperidine rings is 1. The minimum Gasteiger partial charge on any atom is -0.388 e. The molecule has 1 aliphatic heterocycles. The molecule has 0 spiro atoms. The van der Waals surface area contributed by atoms with Gasteiger partial charge in [0.25, 0.3) is 0 Å². The molecule has 22 heavy (non-hydrogen) atoms. The molecule has 3 N–H and O–H groups in total. The van der Waals surface area contributed by atoms with Crippen molar-refractivity contribution in [3.8, 4) is 0 Å². The van der Waals surface area contributed by atoms with Gasteiger partial charge in [0, 0.05) is 7.05 Å². The van der Waals surface area contributed by atoms with Crippen LogP contribution < -0.4 is 10.6 Å². The molecule has 1 heterocycles. The van der Waals surface area contributed by atoms with Crippen molar-refractivity contribution in [1.29, 1.82) is 0 Å². The lowest BCUT2D eigenvalue weighted by Crippen LogP contribution is -2.45. The second-order valence-corrected chi connectivity index (χ2v) is 5.60. The number of nitrogens with zero attached hydrogens (tertiary/aromatic N) is 1. The molecular formula is C16H23N3O3. The van der Waals surface area contributed by atoms with Gasteiger partial charge in [-0.15, -0.1) is 0 Å². The number of amides is 3. The van der Waals surface area contributed by atoms with Gasteiger partial charge in [0.05, 0.1) is 12.6 Å². The summed E-state index contributed by atoms with van der Waals surface area (Å²) in [4.78, 5) is 24.7. The van der Waals surface area contributed by atoms with Crippen molar-refractivity contribution in [2.24, 2.45) is 5.92 Å². The summed E-state index contributed by atoms with van der Waals surface area (Å²) in [5, 5.41) is 15.0. The first-order valence-corrected chi connectivity index (χ1v) is 7.57. The van der Waals surface area contributed by atoms with Gasteiger partial charge in [0.15, 0.2) is 0 Å². The Labute approximate surface area is 130 Å². The van der Waals surface area contributed by atoms with Crippen LogP contribution in [-0.4, -0.2) is 48.6 Å². The van der Waals surface area contributed by atoms with E-state index in [0.29, 0.717) is 0 Å². The summed E-state index contributed by atoms with van der Waals surface area (Å²) in [6, 6.07) is 9.18. The molecule has 1 aromatic rings. The van der Waals surface area contributed by atoms with E-state index in [1.54, 1.807) is 0 Å². The highest BCUT2D eigenvalue weighted by atomic mass is 16.3. The number of carbonyl (C=O) groups excluding carboxylic acids is 2. The highest BCUT2D eigenvalue weighted by Crippen LogP contribution is 2.30. The fraction of sp³-hybridized carbons (Fsp3) is 0.500. The van der Waals surface area contributed by atoms with E-state index in [2.05, 4.69) is 10.6 Å². The maximum absolute atomic E-state index is 11.7. The third-order valence-corrected chi connectivity index (χ3v) is 4.07. The SMILES string of the molecule is CNC(=O)NC(=O)CN1CCC([C@H](O)c2ccccc2)CC1. The van der Waals surface area contributed by atoms with Crippen LogP contribution in [0.2, 0.25) is 0 Å². The van der Waals surface area contributed by atoms with Gasteiger partial charge in [0.1, 0.15) is 0 Å². The molecule has 6 heteroatoms. The van der Waals surface area contributed by atoms with Gasteiger partial charge in [0.2, 0.25) is 5.91 Å². The van der Waals surface area contributed by atoms with Gasteiger partial charge >= 0.3 is 6.03 Å². The Kier molecular flexibility index (Phi) is 5.91. The molecule has 1 fully saturated rings. The first kappa shape index (κ1) is 16.5. The van der Waals surface area contributed by atoms with E-state index < -0.39 is 12.1 Å². The molecule has 1 saturated heterocycles. The number of nitrogens with one attached hydrogen (secondary N) is 2. The average Bonchev–Trinajstić information content (AvgIpc) is 2.55. The van der Waals surface area contributed by atoms with Crippen LogP contribution in [0.15, 0.2) is 30.3 Å². The number of aliphatic hydroxyl groups is 1. The topological polar surface area (TPSA) is 81.7 Å². The minimum absolute atomic E-state index is 0.209. The highest BCUT2D eigenvalue weighted by Gasteiger charge is 2.27. The maximum atomic E-state index is 11.7. The molecule has 0 bridgehead atoms. The first-order valence-electron chi connectivity index (χ1n) is 7.57. The van der Waals surface area contributed by atoms with Gasteiger partial charge < -0.3 is 10.4 Å². The molecule has 2 rings (SSSR count). The Hall–Kier alpha value is -1.92. The van der Waals surface area contributed by atoms with E-state index in [4.69, 9.17) is 0 Å². The number of imide groups is 1. The number of rotatable bonds is 4. The van der Waals surface area contributed by atoms with Gasteiger partial charge in [-0.05, 0) is 37.4 Å². The molecule has 0 saturated carbocycles. The maximum Gasteiger partial charge on any atom is 0.321 e. The second kappa shape index (κ2) is 7.91. The largest absolute Gasteiger partial charge is 0.388 e. The number of aliphatic hydroxyl groups excluding tert-OH is 1. The zero-order valence-corrected chi connectivity index (χ0v) is 12.8. The van der Waals surface area contributed by atoms with Gasteiger partial charge in [-0.1, -0.05) is 30.3 Å². The number of hydrogen-bond donors (Lipinski definition) is 3. The molecule has 6 nitrogen and oxygen atoms in total. The Morgan fingerprint density at radius 1 is 1.27 bits per heavy atom. The molecule has 0 radical (unpaired) electrons. The first-order chi connectivity index (χ1) is 10.6. The van der Waals surface area contributed by atoms with Crippen molar-refractivity contribution in [2.75, 3.05) is 26.7 Å². The van der Waals surface area contributed by atoms with Crippen molar-refractivity contribution >= 4 is 11.9 Å². The van der Waals surface area contributed by atoms with E-state index in [1.165, 1.54) is 7.05 Å². The average molecular weight is 305 g/mol. The molecule has 0 aliphatic carbocycles. The van der Waals surface area contributed by atoms with Gasteiger partial charge in [-0.3, -0.25) is 15.0 Å². The van der Waals surface area contributed by atoms with Crippen LogP contribution >= 0.6 is 0 Å².